The van der Waals surface area contributed by atoms with Crippen molar-refractivity contribution < 1.29 is 0 Å². The molecule has 0 N–H and O–H groups in total. The molecule has 0 amide bonds. The highest BCUT2D eigenvalue weighted by molar-refractivity contribution is 6.13. The second-order valence-corrected chi connectivity index (χ2v) is 10.7. The van der Waals surface area contributed by atoms with Crippen LogP contribution in [0.2, 0.25) is 0 Å². The Morgan fingerprint density at radius 3 is 2.24 bits per heavy atom. The van der Waals surface area contributed by atoms with Crippen molar-refractivity contribution in [2.24, 2.45) is 16.8 Å². The summed E-state index contributed by atoms with van der Waals surface area (Å²) >= 11 is 0. The van der Waals surface area contributed by atoms with Gasteiger partial charge in [-0.3, -0.25) is 4.90 Å². The van der Waals surface area contributed by atoms with E-state index in [0.717, 1.165) is 28.4 Å². The molecule has 1 aliphatic heterocycles. The van der Waals surface area contributed by atoms with Crippen LogP contribution in [0.5, 0.6) is 0 Å². The number of aliphatic imine (C=N–C) groups is 1. The van der Waals surface area contributed by atoms with Crippen molar-refractivity contribution in [1.82, 2.24) is 4.90 Å². The molecule has 2 bridgehead atoms. The van der Waals surface area contributed by atoms with E-state index >= 15 is 0 Å². The Morgan fingerprint density at radius 1 is 0.939 bits per heavy atom. The molecule has 3 aromatic carbocycles. The minimum absolute atomic E-state index is 0.240. The molecular formula is C31H34N2. The molecule has 1 saturated carbocycles. The van der Waals surface area contributed by atoms with Crippen molar-refractivity contribution in [3.05, 3.63) is 101 Å². The lowest BCUT2D eigenvalue weighted by atomic mass is 9.59. The number of piperidine rings is 1. The van der Waals surface area contributed by atoms with Crippen molar-refractivity contribution in [1.29, 1.82) is 0 Å². The molecule has 6 rings (SSSR count). The van der Waals surface area contributed by atoms with Gasteiger partial charge in [-0.1, -0.05) is 80.6 Å². The van der Waals surface area contributed by atoms with Crippen LogP contribution >= 0.6 is 0 Å². The van der Waals surface area contributed by atoms with Crippen LogP contribution in [-0.2, 0) is 11.8 Å². The van der Waals surface area contributed by atoms with Gasteiger partial charge >= 0.3 is 0 Å². The van der Waals surface area contributed by atoms with E-state index in [1.165, 1.54) is 38.8 Å². The summed E-state index contributed by atoms with van der Waals surface area (Å²) in [6.07, 6.45) is 5.32. The zero-order valence-corrected chi connectivity index (χ0v) is 19.9. The third-order valence-electron chi connectivity index (χ3n) is 8.63. The number of rotatable bonds is 5. The number of hydrogen-bond acceptors (Lipinski definition) is 2. The molecule has 0 spiro atoms. The van der Waals surface area contributed by atoms with Gasteiger partial charge in [0.2, 0.25) is 0 Å². The quantitative estimate of drug-likeness (QED) is 0.404. The van der Waals surface area contributed by atoms with E-state index in [9.17, 15) is 0 Å². The minimum Gasteiger partial charge on any atom is -0.299 e. The fourth-order valence-electron chi connectivity index (χ4n) is 6.24. The largest absolute Gasteiger partial charge is 0.299 e. The third-order valence-corrected chi connectivity index (χ3v) is 8.63. The van der Waals surface area contributed by atoms with Crippen molar-refractivity contribution in [3.8, 4) is 0 Å². The van der Waals surface area contributed by atoms with Crippen LogP contribution in [-0.4, -0.2) is 29.7 Å². The highest BCUT2D eigenvalue weighted by Gasteiger charge is 2.49. The monoisotopic (exact) mass is 434 g/mol. The van der Waals surface area contributed by atoms with Gasteiger partial charge in [0.15, 0.2) is 0 Å². The molecule has 33 heavy (non-hydrogen) atoms. The molecule has 1 heterocycles. The predicted molar refractivity (Wildman–Crippen MR) is 138 cm³/mol. The van der Waals surface area contributed by atoms with Crippen LogP contribution in [0.3, 0.4) is 0 Å². The average molecular weight is 435 g/mol. The van der Waals surface area contributed by atoms with Crippen molar-refractivity contribution in [2.75, 3.05) is 13.1 Å². The molecule has 0 radical (unpaired) electrons. The number of likely N-dealkylation sites (tertiary alicyclic amines) is 1. The summed E-state index contributed by atoms with van der Waals surface area (Å²) in [6.45, 7) is 7.58. The van der Waals surface area contributed by atoms with E-state index in [2.05, 4.69) is 97.6 Å². The van der Waals surface area contributed by atoms with E-state index in [4.69, 9.17) is 4.99 Å². The summed E-state index contributed by atoms with van der Waals surface area (Å²) in [7, 11) is 0. The first-order valence-corrected chi connectivity index (χ1v) is 12.7. The second-order valence-electron chi connectivity index (χ2n) is 10.7. The van der Waals surface area contributed by atoms with E-state index in [-0.39, 0.29) is 5.41 Å². The maximum atomic E-state index is 5.24. The van der Waals surface area contributed by atoms with Crippen LogP contribution in [0, 0.1) is 11.8 Å². The Morgan fingerprint density at radius 2 is 1.61 bits per heavy atom. The van der Waals surface area contributed by atoms with Crippen LogP contribution in [0.4, 0.5) is 5.69 Å². The second kappa shape index (κ2) is 8.25. The molecule has 0 aromatic heterocycles. The first kappa shape index (κ1) is 20.9. The standard InChI is InChI=1S/C31H34N2/c1-22-29-19-26-15-16-27(20-28(26)31(22,2)17-18-33(29)21-23-13-14-23)32-30(24-9-5-3-6-10-24)25-11-7-4-8-12-25/h3-12,15-16,20,22-23,29H,13-14,17-19,21H2,1-2H3/t22-,29?,31-/m0/s1. The fourth-order valence-corrected chi connectivity index (χ4v) is 6.24. The van der Waals surface area contributed by atoms with Crippen molar-refractivity contribution in [3.63, 3.8) is 0 Å². The summed E-state index contributed by atoms with van der Waals surface area (Å²) < 4.78 is 0. The lowest BCUT2D eigenvalue weighted by molar-refractivity contribution is 0.0284. The molecule has 2 fully saturated rings. The van der Waals surface area contributed by atoms with E-state index in [1.54, 1.807) is 11.1 Å². The topological polar surface area (TPSA) is 15.6 Å². The van der Waals surface area contributed by atoms with Gasteiger partial charge in [0, 0.05) is 23.7 Å². The molecule has 1 unspecified atom stereocenters. The Bertz CT molecular complexity index is 1120. The number of fused-ring (bicyclic) bond motifs is 4. The van der Waals surface area contributed by atoms with Gasteiger partial charge in [-0.15, -0.1) is 0 Å². The van der Waals surface area contributed by atoms with E-state index < -0.39 is 0 Å². The summed E-state index contributed by atoms with van der Waals surface area (Å²) in [5, 5.41) is 0. The van der Waals surface area contributed by atoms with Crippen LogP contribution in [0.1, 0.15) is 55.4 Å². The highest BCUT2D eigenvalue weighted by Crippen LogP contribution is 2.50. The SMILES string of the molecule is C[C@H]1C2Cc3ccc(N=C(c4ccccc4)c4ccccc4)cc3[C@@]1(C)CCN2CC1CC1. The maximum Gasteiger partial charge on any atom is 0.0781 e. The molecule has 168 valence electrons. The first-order valence-electron chi connectivity index (χ1n) is 12.7. The van der Waals surface area contributed by atoms with Gasteiger partial charge in [0.25, 0.3) is 0 Å². The normalized spacial score (nSPS) is 26.5. The molecule has 3 aromatic rings. The summed E-state index contributed by atoms with van der Waals surface area (Å²) in [4.78, 5) is 8.06. The predicted octanol–water partition coefficient (Wildman–Crippen LogP) is 6.79. The van der Waals surface area contributed by atoms with Crippen molar-refractivity contribution in [2.45, 2.75) is 51.0 Å². The van der Waals surface area contributed by atoms with E-state index in [1.807, 2.05) is 0 Å². The Hall–Kier alpha value is -2.71. The molecule has 3 aliphatic rings. The lowest BCUT2D eigenvalue weighted by Gasteiger charge is -2.54. The fraction of sp³-hybridized carbons (Fsp3) is 0.387. The van der Waals surface area contributed by atoms with Crippen LogP contribution < -0.4 is 0 Å². The first-order chi connectivity index (χ1) is 16.1. The zero-order chi connectivity index (χ0) is 22.4. The Kier molecular flexibility index (Phi) is 5.22. The van der Waals surface area contributed by atoms with E-state index in [0.29, 0.717) is 12.0 Å². The van der Waals surface area contributed by atoms with Crippen LogP contribution in [0.25, 0.3) is 0 Å². The number of hydrogen-bond donors (Lipinski definition) is 0. The maximum absolute atomic E-state index is 5.24. The minimum atomic E-state index is 0.240. The third kappa shape index (κ3) is 3.85. The highest BCUT2D eigenvalue weighted by atomic mass is 15.2. The summed E-state index contributed by atoms with van der Waals surface area (Å²) in [5.41, 5.74) is 7.76. The molecule has 2 heteroatoms. The summed E-state index contributed by atoms with van der Waals surface area (Å²) in [6, 6.07) is 28.9. The summed E-state index contributed by atoms with van der Waals surface area (Å²) in [5.74, 6) is 1.65. The average Bonchev–Trinajstić information content (AvgIpc) is 3.67. The smallest absolute Gasteiger partial charge is 0.0781 e. The van der Waals surface area contributed by atoms with Gasteiger partial charge < -0.3 is 0 Å². The van der Waals surface area contributed by atoms with Gasteiger partial charge in [0.05, 0.1) is 11.4 Å². The van der Waals surface area contributed by atoms with Crippen molar-refractivity contribution >= 4 is 11.4 Å². The zero-order valence-electron chi connectivity index (χ0n) is 19.9. The van der Waals surface area contributed by atoms with Crippen LogP contribution in [0.15, 0.2) is 83.9 Å². The Labute approximate surface area is 198 Å². The van der Waals surface area contributed by atoms with Gasteiger partial charge in [-0.05, 0) is 72.7 Å². The lowest BCUT2D eigenvalue weighted by Crippen LogP contribution is -2.58. The molecular weight excluding hydrogens is 400 g/mol. The number of benzene rings is 3. The Balaban J connectivity index is 1.39. The van der Waals surface area contributed by atoms with Gasteiger partial charge in [-0.2, -0.15) is 0 Å². The molecule has 3 atom stereocenters. The molecule has 1 saturated heterocycles. The molecule has 2 nitrogen and oxygen atoms in total. The van der Waals surface area contributed by atoms with Gasteiger partial charge in [-0.25, -0.2) is 4.99 Å². The molecule has 2 aliphatic carbocycles. The van der Waals surface area contributed by atoms with Gasteiger partial charge in [0.1, 0.15) is 0 Å². The number of nitrogens with zero attached hydrogens (tertiary/aromatic N) is 2.